The lowest BCUT2D eigenvalue weighted by Gasteiger charge is -2.23. The molecular weight excluding hydrogens is 604 g/mol. The SMILES string of the molecule is COC(=O)c1ccc(CCSC(CN2C(=O)c3ccccc3C2=O)c2cccc(/C=C/c3ccc4ccc(Cl)cc4n3)c2)cc1. The van der Waals surface area contributed by atoms with Crippen LogP contribution in [0.25, 0.3) is 23.1 Å². The molecule has 0 spiro atoms. The first kappa shape index (κ1) is 30.3. The number of amides is 2. The number of hydrogen-bond acceptors (Lipinski definition) is 6. The lowest BCUT2D eigenvalue weighted by atomic mass is 10.1. The summed E-state index contributed by atoms with van der Waals surface area (Å²) in [5.41, 5.74) is 6.10. The molecule has 6 nitrogen and oxygen atoms in total. The third-order valence-electron chi connectivity index (χ3n) is 7.72. The van der Waals surface area contributed by atoms with Crippen LogP contribution >= 0.6 is 23.4 Å². The van der Waals surface area contributed by atoms with Gasteiger partial charge in [0.1, 0.15) is 0 Å². The Morgan fingerprint density at radius 3 is 2.36 bits per heavy atom. The first-order valence-electron chi connectivity index (χ1n) is 14.5. The maximum atomic E-state index is 13.3. The summed E-state index contributed by atoms with van der Waals surface area (Å²) < 4.78 is 4.80. The number of benzene rings is 4. The quantitative estimate of drug-likeness (QED) is 0.114. The molecule has 4 aromatic carbocycles. The van der Waals surface area contributed by atoms with Crippen LogP contribution in [0.3, 0.4) is 0 Å². The first-order chi connectivity index (χ1) is 21.9. The highest BCUT2D eigenvalue weighted by atomic mass is 35.5. The summed E-state index contributed by atoms with van der Waals surface area (Å²) in [7, 11) is 1.36. The van der Waals surface area contributed by atoms with Crippen LogP contribution in [0.1, 0.15) is 58.7 Å². The zero-order valence-electron chi connectivity index (χ0n) is 24.5. The summed E-state index contributed by atoms with van der Waals surface area (Å²) in [6.07, 6.45) is 4.72. The van der Waals surface area contributed by atoms with Crippen molar-refractivity contribution in [3.05, 3.63) is 147 Å². The normalized spacial score (nSPS) is 13.4. The summed E-state index contributed by atoms with van der Waals surface area (Å²) in [5, 5.41) is 1.51. The maximum Gasteiger partial charge on any atom is 0.337 e. The molecule has 0 saturated heterocycles. The molecule has 1 aliphatic rings. The lowest BCUT2D eigenvalue weighted by Crippen LogP contribution is -2.33. The van der Waals surface area contributed by atoms with Crippen molar-refractivity contribution in [1.82, 2.24) is 9.88 Å². The Morgan fingerprint density at radius 1 is 0.889 bits per heavy atom. The van der Waals surface area contributed by atoms with Crippen LogP contribution in [0, 0.1) is 0 Å². The molecule has 2 amide bonds. The number of nitrogens with zero attached hydrogens (tertiary/aromatic N) is 2. The van der Waals surface area contributed by atoms with Gasteiger partial charge in [0, 0.05) is 22.2 Å². The highest BCUT2D eigenvalue weighted by Gasteiger charge is 2.36. The minimum Gasteiger partial charge on any atom is -0.465 e. The van der Waals surface area contributed by atoms with E-state index in [9.17, 15) is 14.4 Å². The Balaban J connectivity index is 1.22. The smallest absolute Gasteiger partial charge is 0.337 e. The number of aryl methyl sites for hydroxylation is 1. The lowest BCUT2D eigenvalue weighted by molar-refractivity contribution is 0.0598. The predicted molar refractivity (Wildman–Crippen MR) is 181 cm³/mol. The Kier molecular flexibility index (Phi) is 9.10. The van der Waals surface area contributed by atoms with E-state index in [1.807, 2.05) is 72.8 Å². The average Bonchev–Trinajstić information content (AvgIpc) is 3.31. The van der Waals surface area contributed by atoms with E-state index in [-0.39, 0.29) is 29.6 Å². The van der Waals surface area contributed by atoms with Crippen LogP contribution in [-0.2, 0) is 11.2 Å². The van der Waals surface area contributed by atoms with Crippen LogP contribution < -0.4 is 0 Å². The monoisotopic (exact) mass is 632 g/mol. The summed E-state index contributed by atoms with van der Waals surface area (Å²) in [4.78, 5) is 44.4. The van der Waals surface area contributed by atoms with Crippen molar-refractivity contribution in [2.24, 2.45) is 0 Å². The zero-order valence-corrected chi connectivity index (χ0v) is 26.1. The molecule has 0 saturated carbocycles. The van der Waals surface area contributed by atoms with Crippen molar-refractivity contribution in [2.45, 2.75) is 11.7 Å². The van der Waals surface area contributed by atoms with E-state index < -0.39 is 0 Å². The van der Waals surface area contributed by atoms with Crippen molar-refractivity contribution in [1.29, 1.82) is 0 Å². The average molecular weight is 633 g/mol. The van der Waals surface area contributed by atoms with Gasteiger partial charge < -0.3 is 4.74 Å². The van der Waals surface area contributed by atoms with Crippen LogP contribution in [0.4, 0.5) is 0 Å². The topological polar surface area (TPSA) is 76.6 Å². The van der Waals surface area contributed by atoms with Gasteiger partial charge in [-0.15, -0.1) is 0 Å². The minimum absolute atomic E-state index is 0.157. The van der Waals surface area contributed by atoms with E-state index >= 15 is 0 Å². The molecule has 224 valence electrons. The van der Waals surface area contributed by atoms with Crippen molar-refractivity contribution in [3.8, 4) is 0 Å². The second-order valence-corrected chi connectivity index (χ2v) is 12.4. The van der Waals surface area contributed by atoms with Crippen LogP contribution in [0.5, 0.6) is 0 Å². The van der Waals surface area contributed by atoms with Gasteiger partial charge >= 0.3 is 5.97 Å². The molecule has 2 heterocycles. The molecule has 5 aromatic rings. The first-order valence-corrected chi connectivity index (χ1v) is 15.9. The highest BCUT2D eigenvalue weighted by molar-refractivity contribution is 7.99. The minimum atomic E-state index is -0.369. The molecule has 0 aliphatic carbocycles. The molecule has 1 aromatic heterocycles. The highest BCUT2D eigenvalue weighted by Crippen LogP contribution is 2.34. The number of hydrogen-bond donors (Lipinski definition) is 0. The molecule has 0 radical (unpaired) electrons. The molecule has 45 heavy (non-hydrogen) atoms. The standard InChI is InChI=1S/C37H29ClN2O4S/c1-44-37(43)27-12-9-24(10-13-27)19-20-45-34(23-40-35(41)31-7-2-3-8-32(31)36(40)42)28-6-4-5-25(21-28)11-17-30-18-15-26-14-16-29(38)22-33(26)39-30/h2-18,21-22,34H,19-20,23H2,1H3/b17-11+. The fourth-order valence-corrected chi connectivity index (χ4v) is 6.71. The van der Waals surface area contributed by atoms with E-state index in [1.165, 1.54) is 12.0 Å². The third kappa shape index (κ3) is 6.85. The van der Waals surface area contributed by atoms with Crippen molar-refractivity contribution >= 4 is 64.2 Å². The zero-order chi connectivity index (χ0) is 31.3. The van der Waals surface area contributed by atoms with Crippen molar-refractivity contribution in [2.75, 3.05) is 19.4 Å². The molecule has 0 bridgehead atoms. The van der Waals surface area contributed by atoms with E-state index in [4.69, 9.17) is 21.3 Å². The number of ether oxygens (including phenoxy) is 1. The maximum absolute atomic E-state index is 13.3. The molecule has 1 atom stereocenters. The van der Waals surface area contributed by atoms with E-state index in [2.05, 4.69) is 6.07 Å². The fourth-order valence-electron chi connectivity index (χ4n) is 5.31. The number of halogens is 1. The van der Waals surface area contributed by atoms with Gasteiger partial charge in [-0.3, -0.25) is 14.5 Å². The summed E-state index contributed by atoms with van der Waals surface area (Å²) in [6.45, 7) is 0.248. The van der Waals surface area contributed by atoms with Gasteiger partial charge in [0.05, 0.1) is 35.0 Å². The van der Waals surface area contributed by atoms with Crippen molar-refractivity contribution in [3.63, 3.8) is 0 Å². The molecule has 0 fully saturated rings. The third-order valence-corrected chi connectivity index (χ3v) is 9.21. The molecule has 1 unspecified atom stereocenters. The van der Waals surface area contributed by atoms with Gasteiger partial charge in [-0.1, -0.05) is 78.3 Å². The fraction of sp³-hybridized carbons (Fsp3) is 0.135. The van der Waals surface area contributed by atoms with Crippen LogP contribution in [0.15, 0.2) is 103 Å². The van der Waals surface area contributed by atoms with Gasteiger partial charge in [0.25, 0.3) is 11.8 Å². The number of rotatable bonds is 10. The van der Waals surface area contributed by atoms with Crippen molar-refractivity contribution < 1.29 is 19.1 Å². The second kappa shape index (κ2) is 13.5. The van der Waals surface area contributed by atoms with Crippen LogP contribution in [0.2, 0.25) is 5.02 Å². The van der Waals surface area contributed by atoms with Gasteiger partial charge in [-0.05, 0) is 77.4 Å². The Bertz CT molecular complexity index is 1900. The van der Waals surface area contributed by atoms with Gasteiger partial charge in [0.15, 0.2) is 0 Å². The molecule has 0 N–H and O–H groups in total. The number of carbonyl (C=O) groups is 3. The second-order valence-electron chi connectivity index (χ2n) is 10.6. The van der Waals surface area contributed by atoms with E-state index in [0.717, 1.165) is 45.5 Å². The van der Waals surface area contributed by atoms with E-state index in [0.29, 0.717) is 21.7 Å². The number of pyridine rings is 1. The Hall–Kier alpha value is -4.72. The van der Waals surface area contributed by atoms with Gasteiger partial charge in [-0.2, -0.15) is 11.8 Å². The number of carbonyl (C=O) groups excluding carboxylic acids is 3. The molecule has 8 heteroatoms. The van der Waals surface area contributed by atoms with Gasteiger partial charge in [0.2, 0.25) is 0 Å². The number of thioether (sulfide) groups is 1. The number of methoxy groups -OCH3 is 1. The Morgan fingerprint density at radius 2 is 1.62 bits per heavy atom. The Labute approximate surface area is 270 Å². The molecule has 1 aliphatic heterocycles. The van der Waals surface area contributed by atoms with Crippen LogP contribution in [-0.4, -0.2) is 47.1 Å². The largest absolute Gasteiger partial charge is 0.465 e. The number of aromatic nitrogens is 1. The summed E-state index contributed by atoms with van der Waals surface area (Å²) in [5.74, 6) is -0.155. The number of fused-ring (bicyclic) bond motifs is 2. The van der Waals surface area contributed by atoms with E-state index in [1.54, 1.807) is 48.2 Å². The molecule has 6 rings (SSSR count). The summed E-state index contributed by atoms with van der Waals surface area (Å²) >= 11 is 7.86. The number of esters is 1. The molecular formula is C37H29ClN2O4S. The van der Waals surface area contributed by atoms with Gasteiger partial charge in [-0.25, -0.2) is 9.78 Å². The number of imide groups is 1. The summed E-state index contributed by atoms with van der Waals surface area (Å²) in [6, 6.07) is 32.1. The predicted octanol–water partition coefficient (Wildman–Crippen LogP) is 8.16.